The fourth-order valence-electron chi connectivity index (χ4n) is 2.57. The lowest BCUT2D eigenvalue weighted by Gasteiger charge is -2.30. The second-order valence-electron chi connectivity index (χ2n) is 6.54. The molecule has 0 amide bonds. The summed E-state index contributed by atoms with van der Waals surface area (Å²) in [6, 6.07) is 6.24. The molecule has 0 aliphatic heterocycles. The van der Waals surface area contributed by atoms with Gasteiger partial charge in [-0.15, -0.1) is 0 Å². The van der Waals surface area contributed by atoms with E-state index >= 15 is 0 Å². The summed E-state index contributed by atoms with van der Waals surface area (Å²) in [6.07, 6.45) is 1.11. The molecule has 2 rings (SSSR count). The maximum Gasteiger partial charge on any atom is 0.137 e. The molecule has 1 aromatic carbocycles. The van der Waals surface area contributed by atoms with Crippen molar-refractivity contribution >= 4 is 22.6 Å². The molecular formula is C17H24ClNO. The van der Waals surface area contributed by atoms with Gasteiger partial charge in [-0.1, -0.05) is 39.3 Å². The minimum Gasteiger partial charge on any atom is -0.459 e. The molecule has 20 heavy (non-hydrogen) atoms. The molecule has 2 nitrogen and oxygen atoms in total. The van der Waals surface area contributed by atoms with Gasteiger partial charge in [0, 0.05) is 10.4 Å². The van der Waals surface area contributed by atoms with Crippen LogP contribution < -0.4 is 5.32 Å². The summed E-state index contributed by atoms with van der Waals surface area (Å²) in [5.74, 6) is 0.992. The van der Waals surface area contributed by atoms with Gasteiger partial charge in [0.25, 0.3) is 0 Å². The van der Waals surface area contributed by atoms with Gasteiger partial charge in [-0.25, -0.2) is 0 Å². The lowest BCUT2D eigenvalue weighted by atomic mass is 9.85. The van der Waals surface area contributed by atoms with Gasteiger partial charge in [0.2, 0.25) is 0 Å². The largest absolute Gasteiger partial charge is 0.459 e. The van der Waals surface area contributed by atoms with Crippen LogP contribution in [-0.4, -0.2) is 6.54 Å². The maximum atomic E-state index is 6.13. The molecule has 0 fully saturated rings. The van der Waals surface area contributed by atoms with Crippen molar-refractivity contribution < 1.29 is 4.42 Å². The van der Waals surface area contributed by atoms with Crippen LogP contribution in [0.1, 0.15) is 51.5 Å². The molecule has 3 heteroatoms. The van der Waals surface area contributed by atoms with Crippen LogP contribution in [0.2, 0.25) is 5.02 Å². The third-order valence-electron chi connectivity index (χ3n) is 3.53. The molecule has 0 aliphatic rings. The zero-order valence-electron chi connectivity index (χ0n) is 13.0. The average Bonchev–Trinajstić information content (AvgIpc) is 2.71. The van der Waals surface area contributed by atoms with Crippen LogP contribution in [0.4, 0.5) is 0 Å². The first-order chi connectivity index (χ1) is 9.32. The van der Waals surface area contributed by atoms with E-state index in [0.29, 0.717) is 0 Å². The predicted molar refractivity (Wildman–Crippen MR) is 86.5 cm³/mol. The normalized spacial score (nSPS) is 13.9. The quantitative estimate of drug-likeness (QED) is 0.807. The zero-order valence-corrected chi connectivity index (χ0v) is 13.8. The van der Waals surface area contributed by atoms with E-state index in [1.165, 1.54) is 0 Å². The Morgan fingerprint density at radius 3 is 2.55 bits per heavy atom. The second-order valence-corrected chi connectivity index (χ2v) is 6.98. The number of nitrogens with one attached hydrogen (secondary N) is 1. The van der Waals surface area contributed by atoms with Crippen LogP contribution in [0.3, 0.4) is 0 Å². The van der Waals surface area contributed by atoms with Crippen molar-refractivity contribution in [3.8, 4) is 0 Å². The van der Waals surface area contributed by atoms with Crippen LogP contribution >= 0.6 is 11.6 Å². The summed E-state index contributed by atoms with van der Waals surface area (Å²) in [5.41, 5.74) is 2.12. The number of rotatable bonds is 4. The van der Waals surface area contributed by atoms with Gasteiger partial charge in [-0.05, 0) is 49.1 Å². The molecule has 1 N–H and O–H groups in total. The minimum absolute atomic E-state index is 0.0980. The van der Waals surface area contributed by atoms with Gasteiger partial charge in [0.05, 0.1) is 6.04 Å². The van der Waals surface area contributed by atoms with E-state index in [0.717, 1.165) is 40.3 Å². The van der Waals surface area contributed by atoms with Crippen molar-refractivity contribution in [3.05, 3.63) is 34.5 Å². The topological polar surface area (TPSA) is 25.2 Å². The molecule has 0 saturated carbocycles. The number of halogens is 1. The second kappa shape index (κ2) is 5.79. The van der Waals surface area contributed by atoms with Crippen LogP contribution in [-0.2, 0) is 0 Å². The van der Waals surface area contributed by atoms with Crippen LogP contribution in [0.15, 0.2) is 22.6 Å². The van der Waals surface area contributed by atoms with Gasteiger partial charge >= 0.3 is 0 Å². The third kappa shape index (κ3) is 3.18. The molecule has 0 aliphatic carbocycles. The molecule has 0 spiro atoms. The highest BCUT2D eigenvalue weighted by molar-refractivity contribution is 6.31. The van der Waals surface area contributed by atoms with Gasteiger partial charge in [0.1, 0.15) is 11.3 Å². The molecule has 0 radical (unpaired) electrons. The zero-order chi connectivity index (χ0) is 14.9. The Bertz CT molecular complexity index is 595. The third-order valence-corrected chi connectivity index (χ3v) is 3.75. The predicted octanol–water partition coefficient (Wildman–Crippen LogP) is 5.48. The molecule has 1 aromatic heterocycles. The SMILES string of the molecule is CCCNC(c1cc2cc(Cl)cc(C)c2o1)C(C)(C)C. The Kier molecular flexibility index (Phi) is 4.46. The summed E-state index contributed by atoms with van der Waals surface area (Å²) < 4.78 is 6.12. The van der Waals surface area contributed by atoms with E-state index in [-0.39, 0.29) is 11.5 Å². The number of hydrogen-bond acceptors (Lipinski definition) is 2. The highest BCUT2D eigenvalue weighted by atomic mass is 35.5. The van der Waals surface area contributed by atoms with Crippen LogP contribution in [0.5, 0.6) is 0 Å². The number of furan rings is 1. The number of benzene rings is 1. The van der Waals surface area contributed by atoms with Crippen molar-refractivity contribution in [1.29, 1.82) is 0 Å². The Labute approximate surface area is 126 Å². The fraction of sp³-hybridized carbons (Fsp3) is 0.529. The van der Waals surface area contributed by atoms with Crippen molar-refractivity contribution in [2.75, 3.05) is 6.54 Å². The van der Waals surface area contributed by atoms with E-state index in [2.05, 4.69) is 39.1 Å². The summed E-state index contributed by atoms with van der Waals surface area (Å²) in [5, 5.41) is 5.44. The highest BCUT2D eigenvalue weighted by Gasteiger charge is 2.28. The molecule has 1 atom stereocenters. The van der Waals surface area contributed by atoms with Gasteiger partial charge in [-0.3, -0.25) is 0 Å². The van der Waals surface area contributed by atoms with E-state index in [9.17, 15) is 0 Å². The summed E-state index contributed by atoms with van der Waals surface area (Å²) >= 11 is 6.13. The van der Waals surface area contributed by atoms with E-state index in [4.69, 9.17) is 16.0 Å². The number of aryl methyl sites for hydroxylation is 1. The van der Waals surface area contributed by atoms with Crippen molar-refractivity contribution in [2.45, 2.75) is 47.1 Å². The van der Waals surface area contributed by atoms with E-state index in [1.807, 2.05) is 19.1 Å². The smallest absolute Gasteiger partial charge is 0.137 e. The monoisotopic (exact) mass is 293 g/mol. The Balaban J connectivity index is 2.46. The van der Waals surface area contributed by atoms with Crippen molar-refractivity contribution in [2.24, 2.45) is 5.41 Å². The molecule has 2 aromatic rings. The Morgan fingerprint density at radius 1 is 1.25 bits per heavy atom. The highest BCUT2D eigenvalue weighted by Crippen LogP contribution is 2.37. The molecule has 110 valence electrons. The first kappa shape index (κ1) is 15.4. The van der Waals surface area contributed by atoms with Gasteiger partial charge in [0.15, 0.2) is 0 Å². The number of hydrogen-bond donors (Lipinski definition) is 1. The van der Waals surface area contributed by atoms with Gasteiger partial charge in [-0.2, -0.15) is 0 Å². The van der Waals surface area contributed by atoms with E-state index < -0.39 is 0 Å². The summed E-state index contributed by atoms with van der Waals surface area (Å²) in [4.78, 5) is 0. The van der Waals surface area contributed by atoms with Gasteiger partial charge < -0.3 is 9.73 Å². The maximum absolute atomic E-state index is 6.13. The minimum atomic E-state index is 0.0980. The molecular weight excluding hydrogens is 270 g/mol. The Hall–Kier alpha value is -0.990. The average molecular weight is 294 g/mol. The fourth-order valence-corrected chi connectivity index (χ4v) is 2.85. The lowest BCUT2D eigenvalue weighted by Crippen LogP contribution is -2.32. The first-order valence-electron chi connectivity index (χ1n) is 7.26. The van der Waals surface area contributed by atoms with Crippen LogP contribution in [0.25, 0.3) is 11.0 Å². The molecule has 0 bridgehead atoms. The molecule has 1 unspecified atom stereocenters. The van der Waals surface area contributed by atoms with E-state index in [1.54, 1.807) is 0 Å². The lowest BCUT2D eigenvalue weighted by molar-refractivity contribution is 0.241. The summed E-state index contributed by atoms with van der Waals surface area (Å²) in [6.45, 7) is 11.9. The Morgan fingerprint density at radius 2 is 1.95 bits per heavy atom. The van der Waals surface area contributed by atoms with Crippen molar-refractivity contribution in [1.82, 2.24) is 5.32 Å². The summed E-state index contributed by atoms with van der Waals surface area (Å²) in [7, 11) is 0. The number of fused-ring (bicyclic) bond motifs is 1. The van der Waals surface area contributed by atoms with Crippen molar-refractivity contribution in [3.63, 3.8) is 0 Å². The molecule has 0 saturated heterocycles. The standard InChI is InChI=1S/C17H24ClNO/c1-6-7-19-16(17(3,4)5)14-10-12-9-13(18)8-11(2)15(12)20-14/h8-10,16,19H,6-7H2,1-5H3. The molecule has 1 heterocycles. The first-order valence-corrected chi connectivity index (χ1v) is 7.63. The van der Waals surface area contributed by atoms with Crippen LogP contribution in [0, 0.1) is 12.3 Å².